The van der Waals surface area contributed by atoms with Crippen LogP contribution in [0.25, 0.3) is 0 Å². The number of aryl methyl sites for hydroxylation is 1. The van der Waals surface area contributed by atoms with Crippen LogP contribution in [0, 0.1) is 0 Å². The molecule has 0 aliphatic carbocycles. The molecule has 0 atom stereocenters. The summed E-state index contributed by atoms with van der Waals surface area (Å²) < 4.78 is 0. The second kappa shape index (κ2) is 10.7. The fourth-order valence-corrected chi connectivity index (χ4v) is 2.87. The van der Waals surface area contributed by atoms with Crippen molar-refractivity contribution in [2.75, 3.05) is 17.2 Å². The van der Waals surface area contributed by atoms with E-state index in [2.05, 4.69) is 16.0 Å². The fourth-order valence-electron chi connectivity index (χ4n) is 2.87. The summed E-state index contributed by atoms with van der Waals surface area (Å²) in [6.45, 7) is 0.664. The monoisotopic (exact) mass is 387 g/mol. The zero-order valence-corrected chi connectivity index (χ0v) is 16.2. The smallest absolute Gasteiger partial charge is 0.239 e. The van der Waals surface area contributed by atoms with Crippen LogP contribution in [-0.4, -0.2) is 18.4 Å². The average Bonchev–Trinajstić information content (AvgIpc) is 2.76. The van der Waals surface area contributed by atoms with Gasteiger partial charge in [0.25, 0.3) is 0 Å². The highest BCUT2D eigenvalue weighted by atomic mass is 16.2. The van der Waals surface area contributed by atoms with Crippen LogP contribution in [0.2, 0.25) is 0 Å². The molecule has 0 bridgehead atoms. The summed E-state index contributed by atoms with van der Waals surface area (Å²) in [6.07, 6.45) is 1.12. The number of anilines is 2. The van der Waals surface area contributed by atoms with E-state index in [0.717, 1.165) is 16.8 Å². The number of hydrogen-bond donors (Lipinski definition) is 3. The van der Waals surface area contributed by atoms with Crippen LogP contribution >= 0.6 is 0 Å². The average molecular weight is 387 g/mol. The van der Waals surface area contributed by atoms with E-state index in [1.807, 2.05) is 84.9 Å². The molecule has 3 aromatic carbocycles. The number of amides is 2. The minimum Gasteiger partial charge on any atom is -0.376 e. The lowest BCUT2D eigenvalue weighted by molar-refractivity contribution is -0.119. The van der Waals surface area contributed by atoms with E-state index < -0.39 is 0 Å². The molecule has 3 N–H and O–H groups in total. The molecule has 148 valence electrons. The normalized spacial score (nSPS) is 10.2. The number of benzene rings is 3. The van der Waals surface area contributed by atoms with Crippen LogP contribution < -0.4 is 16.0 Å². The summed E-state index contributed by atoms with van der Waals surface area (Å²) in [6, 6.07) is 27.1. The Labute approximate surface area is 171 Å². The molecule has 0 unspecified atom stereocenters. The molecule has 3 rings (SSSR count). The molecule has 0 radical (unpaired) electrons. The maximum absolute atomic E-state index is 12.2. The van der Waals surface area contributed by atoms with Crippen molar-refractivity contribution >= 4 is 23.2 Å². The third kappa shape index (κ3) is 7.14. The Morgan fingerprint density at radius 1 is 0.690 bits per heavy atom. The number of carbonyl (C=O) groups excluding carboxylic acids is 2. The number of nitrogens with one attached hydrogen (secondary N) is 3. The van der Waals surface area contributed by atoms with E-state index in [1.165, 1.54) is 0 Å². The van der Waals surface area contributed by atoms with Crippen molar-refractivity contribution in [3.63, 3.8) is 0 Å². The molecule has 0 saturated carbocycles. The van der Waals surface area contributed by atoms with Gasteiger partial charge in [0, 0.05) is 24.3 Å². The van der Waals surface area contributed by atoms with Crippen molar-refractivity contribution in [3.8, 4) is 0 Å². The summed E-state index contributed by atoms with van der Waals surface area (Å²) in [7, 11) is 0. The highest BCUT2D eigenvalue weighted by molar-refractivity contribution is 5.91. The molecule has 0 spiro atoms. The van der Waals surface area contributed by atoms with E-state index in [0.29, 0.717) is 25.1 Å². The molecular weight excluding hydrogens is 362 g/mol. The predicted octanol–water partition coefficient (Wildman–Crippen LogP) is 3.99. The van der Waals surface area contributed by atoms with Crippen LogP contribution in [0.5, 0.6) is 0 Å². The molecule has 0 aliphatic rings. The molecule has 29 heavy (non-hydrogen) atoms. The van der Waals surface area contributed by atoms with E-state index in [9.17, 15) is 9.59 Å². The third-order valence-corrected chi connectivity index (χ3v) is 4.42. The number of hydrogen-bond acceptors (Lipinski definition) is 3. The van der Waals surface area contributed by atoms with Crippen LogP contribution in [-0.2, 0) is 22.6 Å². The van der Waals surface area contributed by atoms with Crippen molar-refractivity contribution in [2.45, 2.75) is 19.4 Å². The van der Waals surface area contributed by atoms with Gasteiger partial charge in [-0.05, 0) is 35.7 Å². The topological polar surface area (TPSA) is 70.2 Å². The zero-order valence-electron chi connectivity index (χ0n) is 16.2. The van der Waals surface area contributed by atoms with E-state index in [1.54, 1.807) is 0 Å². The Morgan fingerprint density at radius 3 is 2.07 bits per heavy atom. The minimum absolute atomic E-state index is 0.0355. The molecule has 0 fully saturated rings. The number of rotatable bonds is 9. The predicted molar refractivity (Wildman–Crippen MR) is 117 cm³/mol. The highest BCUT2D eigenvalue weighted by Crippen LogP contribution is 2.15. The molecular formula is C24H25N3O2. The number of carbonyl (C=O) groups is 2. The Kier molecular flexibility index (Phi) is 7.41. The van der Waals surface area contributed by atoms with Crippen LogP contribution in [0.15, 0.2) is 84.9 Å². The molecule has 2 amide bonds. The lowest BCUT2D eigenvalue weighted by Gasteiger charge is -2.10. The Hall–Kier alpha value is -3.60. The van der Waals surface area contributed by atoms with Gasteiger partial charge in [0.2, 0.25) is 11.8 Å². The van der Waals surface area contributed by atoms with Gasteiger partial charge in [-0.2, -0.15) is 0 Å². The first-order valence-electron chi connectivity index (χ1n) is 9.67. The Bertz CT molecular complexity index is 927. The lowest BCUT2D eigenvalue weighted by atomic mass is 10.1. The van der Waals surface area contributed by atoms with Crippen LogP contribution in [0.4, 0.5) is 11.4 Å². The summed E-state index contributed by atoms with van der Waals surface area (Å²) in [5, 5.41) is 8.87. The van der Waals surface area contributed by atoms with Crippen LogP contribution in [0.3, 0.4) is 0 Å². The first kappa shape index (κ1) is 20.1. The second-order valence-electron chi connectivity index (χ2n) is 6.73. The van der Waals surface area contributed by atoms with Crippen molar-refractivity contribution in [2.24, 2.45) is 0 Å². The molecule has 0 heterocycles. The molecule has 5 nitrogen and oxygen atoms in total. The van der Waals surface area contributed by atoms with Gasteiger partial charge in [-0.15, -0.1) is 0 Å². The van der Waals surface area contributed by atoms with Gasteiger partial charge < -0.3 is 16.0 Å². The second-order valence-corrected chi connectivity index (χ2v) is 6.73. The maximum atomic E-state index is 12.2. The maximum Gasteiger partial charge on any atom is 0.239 e. The fraction of sp³-hybridized carbons (Fsp3) is 0.167. The largest absolute Gasteiger partial charge is 0.376 e. The van der Waals surface area contributed by atoms with Crippen molar-refractivity contribution in [1.29, 1.82) is 0 Å². The summed E-state index contributed by atoms with van der Waals surface area (Å²) >= 11 is 0. The van der Waals surface area contributed by atoms with Gasteiger partial charge in [-0.1, -0.05) is 66.7 Å². The van der Waals surface area contributed by atoms with Gasteiger partial charge in [-0.25, -0.2) is 0 Å². The van der Waals surface area contributed by atoms with E-state index in [-0.39, 0.29) is 18.4 Å². The van der Waals surface area contributed by atoms with Crippen molar-refractivity contribution in [3.05, 3.63) is 96.1 Å². The van der Waals surface area contributed by atoms with Gasteiger partial charge in [0.05, 0.1) is 6.54 Å². The SMILES string of the molecule is O=C(CNc1cccc(NC(=O)CCc2ccccc2)c1)NCc1ccccc1. The third-order valence-electron chi connectivity index (χ3n) is 4.42. The standard InChI is InChI=1S/C24H25N3O2/c28-23(15-14-19-8-3-1-4-9-19)27-22-13-7-12-21(16-22)25-18-24(29)26-17-20-10-5-2-6-11-20/h1-13,16,25H,14-15,17-18H2,(H,26,29)(H,27,28). The quantitative estimate of drug-likeness (QED) is 0.520. The molecule has 0 saturated heterocycles. The Balaban J connectivity index is 1.42. The van der Waals surface area contributed by atoms with Crippen molar-refractivity contribution in [1.82, 2.24) is 5.32 Å². The van der Waals surface area contributed by atoms with Crippen LogP contribution in [0.1, 0.15) is 17.5 Å². The summed E-state index contributed by atoms with van der Waals surface area (Å²) in [4.78, 5) is 24.2. The Morgan fingerprint density at radius 2 is 1.34 bits per heavy atom. The molecule has 5 heteroatoms. The first-order chi connectivity index (χ1) is 14.2. The minimum atomic E-state index is -0.0915. The highest BCUT2D eigenvalue weighted by Gasteiger charge is 2.05. The first-order valence-corrected chi connectivity index (χ1v) is 9.67. The molecule has 0 aromatic heterocycles. The van der Waals surface area contributed by atoms with Gasteiger partial charge in [0.1, 0.15) is 0 Å². The molecule has 3 aromatic rings. The molecule has 0 aliphatic heterocycles. The summed E-state index contributed by atoms with van der Waals surface area (Å²) in [5.41, 5.74) is 3.68. The van der Waals surface area contributed by atoms with E-state index >= 15 is 0 Å². The van der Waals surface area contributed by atoms with Gasteiger partial charge in [0.15, 0.2) is 0 Å². The van der Waals surface area contributed by atoms with Crippen molar-refractivity contribution < 1.29 is 9.59 Å². The van der Waals surface area contributed by atoms with Gasteiger partial charge >= 0.3 is 0 Å². The lowest BCUT2D eigenvalue weighted by Crippen LogP contribution is -2.29. The van der Waals surface area contributed by atoms with Gasteiger partial charge in [-0.3, -0.25) is 9.59 Å². The van der Waals surface area contributed by atoms with E-state index in [4.69, 9.17) is 0 Å². The zero-order chi connectivity index (χ0) is 20.3. The summed E-state index contributed by atoms with van der Waals surface area (Å²) in [5.74, 6) is -0.127.